The molecule has 0 unspecified atom stereocenters. The van der Waals surface area contributed by atoms with Crippen LogP contribution < -0.4 is 0 Å². The second-order valence-electron chi connectivity index (χ2n) is 14.0. The van der Waals surface area contributed by atoms with Crippen LogP contribution in [0.5, 0.6) is 0 Å². The van der Waals surface area contributed by atoms with Crippen LogP contribution in [-0.2, 0) is 0 Å². The van der Waals surface area contributed by atoms with Crippen molar-refractivity contribution in [3.05, 3.63) is 194 Å². The summed E-state index contributed by atoms with van der Waals surface area (Å²) >= 11 is 1.87. The SMILES string of the molecule is c1ccc(-c2nc(-c3ccccc3)nc(-c3cccc(-c4cccc5c4c4cc(-c6cccc7c6sc6ccccc67)ccc4n5-c4ccccc4)c3)n2)cc1. The van der Waals surface area contributed by atoms with Crippen molar-refractivity contribution in [1.82, 2.24) is 19.5 Å². The molecule has 0 N–H and O–H groups in total. The van der Waals surface area contributed by atoms with E-state index in [0.717, 1.165) is 39.0 Å². The molecule has 0 aliphatic carbocycles. The molecule has 11 aromatic rings. The van der Waals surface area contributed by atoms with Crippen LogP contribution >= 0.6 is 11.3 Å². The Bertz CT molecular complexity index is 3180. The molecule has 0 fully saturated rings. The number of thiophene rings is 1. The molecule has 0 saturated heterocycles. The van der Waals surface area contributed by atoms with Gasteiger partial charge < -0.3 is 4.57 Å². The molecule has 0 aliphatic rings. The highest BCUT2D eigenvalue weighted by molar-refractivity contribution is 7.26. The zero-order chi connectivity index (χ0) is 37.0. The van der Waals surface area contributed by atoms with Gasteiger partial charge in [0.25, 0.3) is 0 Å². The number of rotatable bonds is 6. The minimum absolute atomic E-state index is 0.636. The van der Waals surface area contributed by atoms with Crippen LogP contribution in [0.4, 0.5) is 0 Å². The standard InChI is InChI=1S/C51H32N4S/c1-4-15-33(16-5-1)49-52-50(34-17-6-2-7-18-34)54-51(53-49)37-20-12-19-35(31-37)39-24-14-27-45-47(39)43-32-36(29-30-44(43)55(45)38-21-8-3-9-22-38)40-25-13-26-42-41-23-10-11-28-46(41)56-48(40)42/h1-32H. The van der Waals surface area contributed by atoms with Crippen molar-refractivity contribution in [2.24, 2.45) is 0 Å². The Labute approximate surface area is 327 Å². The van der Waals surface area contributed by atoms with Crippen molar-refractivity contribution in [3.8, 4) is 62.1 Å². The Hall–Kier alpha value is -7.21. The maximum absolute atomic E-state index is 5.05. The fraction of sp³-hybridized carbons (Fsp3) is 0. The molecule has 8 aromatic carbocycles. The monoisotopic (exact) mass is 732 g/mol. The van der Waals surface area contributed by atoms with Gasteiger partial charge in [-0.25, -0.2) is 15.0 Å². The van der Waals surface area contributed by atoms with Gasteiger partial charge in [0.2, 0.25) is 0 Å². The molecule has 0 aliphatic heterocycles. The quantitative estimate of drug-likeness (QED) is 0.171. The summed E-state index contributed by atoms with van der Waals surface area (Å²) in [4.78, 5) is 15.0. The van der Waals surface area contributed by atoms with Crippen LogP contribution in [0.15, 0.2) is 194 Å². The minimum atomic E-state index is 0.636. The van der Waals surface area contributed by atoms with Gasteiger partial charge in [-0.05, 0) is 64.7 Å². The molecular formula is C51H32N4S. The molecule has 0 radical (unpaired) electrons. The number of hydrogen-bond acceptors (Lipinski definition) is 4. The maximum atomic E-state index is 5.05. The number of aromatic nitrogens is 4. The molecule has 0 atom stereocenters. The fourth-order valence-corrected chi connectivity index (χ4v) is 9.31. The van der Waals surface area contributed by atoms with Crippen molar-refractivity contribution in [1.29, 1.82) is 0 Å². The lowest BCUT2D eigenvalue weighted by Gasteiger charge is -2.11. The van der Waals surface area contributed by atoms with Crippen molar-refractivity contribution in [2.75, 3.05) is 0 Å². The Morgan fingerprint density at radius 1 is 0.357 bits per heavy atom. The highest BCUT2D eigenvalue weighted by atomic mass is 32.1. The summed E-state index contributed by atoms with van der Waals surface area (Å²) in [5.41, 5.74) is 11.0. The van der Waals surface area contributed by atoms with Crippen LogP contribution in [0.3, 0.4) is 0 Å². The zero-order valence-corrected chi connectivity index (χ0v) is 31.0. The summed E-state index contributed by atoms with van der Waals surface area (Å²) in [5, 5.41) is 5.03. The molecule has 0 saturated carbocycles. The topological polar surface area (TPSA) is 43.6 Å². The molecule has 262 valence electrons. The number of hydrogen-bond donors (Lipinski definition) is 0. The van der Waals surface area contributed by atoms with Gasteiger partial charge in [0.1, 0.15) is 0 Å². The van der Waals surface area contributed by atoms with Gasteiger partial charge in [-0.2, -0.15) is 0 Å². The smallest absolute Gasteiger partial charge is 0.164 e. The zero-order valence-electron chi connectivity index (χ0n) is 30.2. The van der Waals surface area contributed by atoms with Gasteiger partial charge in [-0.15, -0.1) is 11.3 Å². The predicted molar refractivity (Wildman–Crippen MR) is 234 cm³/mol. The van der Waals surface area contributed by atoms with Crippen LogP contribution in [0, 0.1) is 0 Å². The lowest BCUT2D eigenvalue weighted by molar-refractivity contribution is 1.07. The number of nitrogens with zero attached hydrogens (tertiary/aromatic N) is 4. The van der Waals surface area contributed by atoms with E-state index in [1.165, 1.54) is 47.6 Å². The third kappa shape index (κ3) is 5.40. The van der Waals surface area contributed by atoms with Gasteiger partial charge in [0.15, 0.2) is 17.5 Å². The van der Waals surface area contributed by atoms with Gasteiger partial charge in [0.05, 0.1) is 11.0 Å². The van der Waals surface area contributed by atoms with Crippen LogP contribution in [-0.4, -0.2) is 19.5 Å². The minimum Gasteiger partial charge on any atom is -0.309 e. The lowest BCUT2D eigenvalue weighted by Crippen LogP contribution is -2.00. The van der Waals surface area contributed by atoms with E-state index in [1.807, 2.05) is 72.0 Å². The van der Waals surface area contributed by atoms with Crippen molar-refractivity contribution >= 4 is 53.3 Å². The largest absolute Gasteiger partial charge is 0.309 e. The van der Waals surface area contributed by atoms with Crippen LogP contribution in [0.25, 0.3) is 104 Å². The highest BCUT2D eigenvalue weighted by Crippen LogP contribution is 2.44. The van der Waals surface area contributed by atoms with Crippen molar-refractivity contribution in [2.45, 2.75) is 0 Å². The molecule has 56 heavy (non-hydrogen) atoms. The fourth-order valence-electron chi connectivity index (χ4n) is 8.07. The summed E-state index contributed by atoms with van der Waals surface area (Å²) in [6.45, 7) is 0. The Kier molecular flexibility index (Phi) is 7.64. The summed E-state index contributed by atoms with van der Waals surface area (Å²) in [7, 11) is 0. The first-order chi connectivity index (χ1) is 27.8. The second-order valence-corrected chi connectivity index (χ2v) is 15.1. The number of para-hydroxylation sites is 1. The molecular weight excluding hydrogens is 701 g/mol. The lowest BCUT2D eigenvalue weighted by atomic mass is 9.96. The Morgan fingerprint density at radius 2 is 0.911 bits per heavy atom. The Morgan fingerprint density at radius 3 is 1.66 bits per heavy atom. The third-order valence-corrected chi connectivity index (χ3v) is 11.9. The van der Waals surface area contributed by atoms with Gasteiger partial charge in [-0.1, -0.05) is 152 Å². The molecule has 3 heterocycles. The molecule has 0 amide bonds. The van der Waals surface area contributed by atoms with Gasteiger partial charge in [-0.3, -0.25) is 0 Å². The van der Waals surface area contributed by atoms with Gasteiger partial charge in [0, 0.05) is 53.3 Å². The third-order valence-electron chi connectivity index (χ3n) is 10.7. The average Bonchev–Trinajstić information content (AvgIpc) is 3.83. The van der Waals surface area contributed by atoms with Crippen LogP contribution in [0.2, 0.25) is 0 Å². The average molecular weight is 733 g/mol. The normalized spacial score (nSPS) is 11.6. The van der Waals surface area contributed by atoms with Crippen molar-refractivity contribution in [3.63, 3.8) is 0 Å². The summed E-state index contributed by atoms with van der Waals surface area (Å²) < 4.78 is 5.02. The first kappa shape index (κ1) is 32.2. The van der Waals surface area contributed by atoms with Gasteiger partial charge >= 0.3 is 0 Å². The molecule has 0 spiro atoms. The number of benzene rings is 8. The highest BCUT2D eigenvalue weighted by Gasteiger charge is 2.19. The molecule has 4 nitrogen and oxygen atoms in total. The van der Waals surface area contributed by atoms with E-state index in [1.54, 1.807) is 0 Å². The van der Waals surface area contributed by atoms with E-state index in [0.29, 0.717) is 17.5 Å². The Balaban J connectivity index is 1.13. The molecule has 0 bridgehead atoms. The van der Waals surface area contributed by atoms with Crippen LogP contribution in [0.1, 0.15) is 0 Å². The van der Waals surface area contributed by atoms with E-state index in [4.69, 9.17) is 15.0 Å². The van der Waals surface area contributed by atoms with E-state index < -0.39 is 0 Å². The predicted octanol–water partition coefficient (Wildman–Crippen LogP) is 13.7. The molecule has 3 aromatic heterocycles. The van der Waals surface area contributed by atoms with E-state index in [-0.39, 0.29) is 0 Å². The van der Waals surface area contributed by atoms with E-state index >= 15 is 0 Å². The van der Waals surface area contributed by atoms with Crippen molar-refractivity contribution < 1.29 is 0 Å². The second kappa shape index (κ2) is 13.3. The summed E-state index contributed by atoms with van der Waals surface area (Å²) in [6.07, 6.45) is 0. The van der Waals surface area contributed by atoms with E-state index in [2.05, 4.69) is 138 Å². The number of fused-ring (bicyclic) bond motifs is 6. The first-order valence-electron chi connectivity index (χ1n) is 18.8. The molecule has 5 heteroatoms. The molecule has 11 rings (SSSR count). The summed E-state index contributed by atoms with van der Waals surface area (Å²) in [5.74, 6) is 1.93. The van der Waals surface area contributed by atoms with E-state index in [9.17, 15) is 0 Å². The first-order valence-corrected chi connectivity index (χ1v) is 19.6. The summed E-state index contributed by atoms with van der Waals surface area (Å²) in [6, 6.07) is 68.6. The maximum Gasteiger partial charge on any atom is 0.164 e.